The number of methoxy groups -OCH3 is 2. The molecule has 0 saturated carbocycles. The fourth-order valence-corrected chi connectivity index (χ4v) is 7.80. The van der Waals surface area contributed by atoms with Gasteiger partial charge in [0.05, 0.1) is 50.2 Å². The standard InChI is InChI=1S/C29H43N3O9S2/c1-21(2)17-32(43(37,38)24-10-11-27(39-3)28(15-24)40-4)18-26(33)25(14-22-8-6-5-7-9-22)31-29(34)16-30-42(35,36)20-23-12-13-41-19-23/h5-11,15,21,23,25-26,30,33H,12-14,16-20H2,1-4H3,(H,31,34)/t23-,25+,26-/m1/s1. The van der Waals surface area contributed by atoms with Gasteiger partial charge in [0, 0.05) is 25.8 Å². The molecule has 0 unspecified atom stereocenters. The Kier molecular flexibility index (Phi) is 12.8. The quantitative estimate of drug-likeness (QED) is 0.232. The van der Waals surface area contributed by atoms with Gasteiger partial charge in [-0.15, -0.1) is 0 Å². The van der Waals surface area contributed by atoms with Crippen molar-refractivity contribution in [2.75, 3.05) is 52.8 Å². The highest BCUT2D eigenvalue weighted by atomic mass is 32.2. The van der Waals surface area contributed by atoms with Crippen molar-refractivity contribution in [2.24, 2.45) is 11.8 Å². The number of nitrogens with one attached hydrogen (secondary N) is 2. The van der Waals surface area contributed by atoms with Crippen LogP contribution in [0, 0.1) is 11.8 Å². The van der Waals surface area contributed by atoms with Crippen molar-refractivity contribution in [1.29, 1.82) is 0 Å². The summed E-state index contributed by atoms with van der Waals surface area (Å²) in [6.07, 6.45) is -0.506. The zero-order valence-corrected chi connectivity index (χ0v) is 26.7. The van der Waals surface area contributed by atoms with Gasteiger partial charge in [-0.25, -0.2) is 21.6 Å². The van der Waals surface area contributed by atoms with Crippen LogP contribution in [0.2, 0.25) is 0 Å². The van der Waals surface area contributed by atoms with Crippen LogP contribution in [0.25, 0.3) is 0 Å². The van der Waals surface area contributed by atoms with Gasteiger partial charge >= 0.3 is 0 Å². The minimum absolute atomic E-state index is 0.0382. The van der Waals surface area contributed by atoms with Crippen LogP contribution in [0.1, 0.15) is 25.8 Å². The average Bonchev–Trinajstić information content (AvgIpc) is 3.47. The van der Waals surface area contributed by atoms with Crippen LogP contribution >= 0.6 is 0 Å². The van der Waals surface area contributed by atoms with Crippen molar-refractivity contribution < 1.29 is 40.9 Å². The topological polar surface area (TPSA) is 161 Å². The summed E-state index contributed by atoms with van der Waals surface area (Å²) in [7, 11) is -4.97. The van der Waals surface area contributed by atoms with Gasteiger partial charge in [0.25, 0.3) is 0 Å². The summed E-state index contributed by atoms with van der Waals surface area (Å²) in [4.78, 5) is 12.9. The number of amides is 1. The second-order valence-corrected chi connectivity index (χ2v) is 14.8. The number of ether oxygens (including phenoxy) is 3. The van der Waals surface area contributed by atoms with Crippen LogP contribution in [-0.2, 0) is 36.0 Å². The third kappa shape index (κ3) is 10.4. The predicted molar refractivity (Wildman–Crippen MR) is 162 cm³/mol. The Morgan fingerprint density at radius 2 is 1.74 bits per heavy atom. The molecular formula is C29H43N3O9S2. The molecule has 1 amide bonds. The molecule has 0 aliphatic carbocycles. The Labute approximate surface area is 254 Å². The molecule has 3 atom stereocenters. The van der Waals surface area contributed by atoms with Crippen LogP contribution in [0.5, 0.6) is 11.5 Å². The first-order valence-electron chi connectivity index (χ1n) is 14.1. The number of hydrogen-bond donors (Lipinski definition) is 3. The summed E-state index contributed by atoms with van der Waals surface area (Å²) in [5.41, 5.74) is 0.798. The molecule has 0 radical (unpaired) electrons. The molecule has 14 heteroatoms. The Hall–Kier alpha value is -2.75. The number of rotatable bonds is 17. The van der Waals surface area contributed by atoms with Crippen molar-refractivity contribution in [1.82, 2.24) is 14.3 Å². The van der Waals surface area contributed by atoms with E-state index in [0.717, 1.165) is 5.56 Å². The highest BCUT2D eigenvalue weighted by molar-refractivity contribution is 7.89. The lowest BCUT2D eigenvalue weighted by atomic mass is 10.0. The Morgan fingerprint density at radius 3 is 2.35 bits per heavy atom. The van der Waals surface area contributed by atoms with Gasteiger partial charge in [0.2, 0.25) is 26.0 Å². The normalized spacial score (nSPS) is 17.1. The van der Waals surface area contributed by atoms with E-state index in [1.165, 1.54) is 36.7 Å². The maximum Gasteiger partial charge on any atom is 0.243 e. The van der Waals surface area contributed by atoms with E-state index in [-0.39, 0.29) is 47.7 Å². The number of nitrogens with zero attached hydrogens (tertiary/aromatic N) is 1. The predicted octanol–water partition coefficient (Wildman–Crippen LogP) is 1.39. The lowest BCUT2D eigenvalue weighted by molar-refractivity contribution is -0.121. The van der Waals surface area contributed by atoms with Gasteiger partial charge in [-0.1, -0.05) is 44.2 Å². The van der Waals surface area contributed by atoms with Crippen LogP contribution in [0.3, 0.4) is 0 Å². The van der Waals surface area contributed by atoms with E-state index in [1.807, 2.05) is 44.2 Å². The molecule has 1 saturated heterocycles. The summed E-state index contributed by atoms with van der Waals surface area (Å²) < 4.78 is 71.8. The second kappa shape index (κ2) is 15.8. The number of hydrogen-bond acceptors (Lipinski definition) is 9. The first kappa shape index (κ1) is 34.7. The summed E-state index contributed by atoms with van der Waals surface area (Å²) >= 11 is 0. The largest absolute Gasteiger partial charge is 0.493 e. The van der Waals surface area contributed by atoms with E-state index in [9.17, 15) is 26.7 Å². The Balaban J connectivity index is 1.79. The van der Waals surface area contributed by atoms with E-state index in [1.54, 1.807) is 0 Å². The number of carbonyl (C=O) groups excluding carboxylic acids is 1. The van der Waals surface area contributed by atoms with Gasteiger partial charge in [0.1, 0.15) is 0 Å². The zero-order chi connectivity index (χ0) is 31.6. The van der Waals surface area contributed by atoms with Crippen LogP contribution in [-0.4, -0.2) is 97.1 Å². The molecule has 1 fully saturated rings. The molecule has 1 heterocycles. The highest BCUT2D eigenvalue weighted by Gasteiger charge is 2.32. The maximum atomic E-state index is 13.8. The second-order valence-electron chi connectivity index (χ2n) is 11.0. The fraction of sp³-hybridized carbons (Fsp3) is 0.552. The minimum atomic E-state index is -4.10. The van der Waals surface area contributed by atoms with E-state index < -0.39 is 44.6 Å². The molecule has 0 bridgehead atoms. The van der Waals surface area contributed by atoms with Gasteiger partial charge in [0.15, 0.2) is 11.5 Å². The third-order valence-corrected chi connectivity index (χ3v) is 10.3. The lowest BCUT2D eigenvalue weighted by Crippen LogP contribution is -2.52. The first-order chi connectivity index (χ1) is 20.3. The van der Waals surface area contributed by atoms with Crippen LogP contribution in [0.4, 0.5) is 0 Å². The van der Waals surface area contributed by atoms with Crippen molar-refractivity contribution in [2.45, 2.75) is 43.7 Å². The smallest absolute Gasteiger partial charge is 0.243 e. The number of sulfonamides is 2. The van der Waals surface area contributed by atoms with Gasteiger partial charge in [-0.05, 0) is 42.4 Å². The van der Waals surface area contributed by atoms with Crippen molar-refractivity contribution in [3.05, 3.63) is 54.1 Å². The fourth-order valence-electron chi connectivity index (χ4n) is 4.81. The van der Waals surface area contributed by atoms with Crippen molar-refractivity contribution in [3.8, 4) is 11.5 Å². The Bertz CT molecular complexity index is 1400. The molecule has 2 aromatic rings. The van der Waals surface area contributed by atoms with E-state index in [0.29, 0.717) is 25.4 Å². The van der Waals surface area contributed by atoms with E-state index in [2.05, 4.69) is 10.0 Å². The average molecular weight is 642 g/mol. The Morgan fingerprint density at radius 1 is 1.05 bits per heavy atom. The molecule has 0 aromatic heterocycles. The number of aliphatic hydroxyl groups excluding tert-OH is 1. The lowest BCUT2D eigenvalue weighted by Gasteiger charge is -2.31. The minimum Gasteiger partial charge on any atom is -0.493 e. The monoisotopic (exact) mass is 641 g/mol. The van der Waals surface area contributed by atoms with Gasteiger partial charge in [-0.2, -0.15) is 4.31 Å². The number of benzene rings is 2. The number of aliphatic hydroxyl groups is 1. The molecular weight excluding hydrogens is 598 g/mol. The maximum absolute atomic E-state index is 13.8. The molecule has 3 N–H and O–H groups in total. The van der Waals surface area contributed by atoms with Gasteiger partial charge < -0.3 is 24.6 Å². The van der Waals surface area contributed by atoms with E-state index in [4.69, 9.17) is 14.2 Å². The highest BCUT2D eigenvalue weighted by Crippen LogP contribution is 2.31. The summed E-state index contributed by atoms with van der Waals surface area (Å²) in [6, 6.07) is 12.5. The SMILES string of the molecule is COc1ccc(S(=O)(=O)N(CC(C)C)C[C@@H](O)[C@H](Cc2ccccc2)NC(=O)CNS(=O)(=O)C[C@@H]2CCOC2)cc1OC. The molecule has 1 aliphatic heterocycles. The molecule has 43 heavy (non-hydrogen) atoms. The molecule has 3 rings (SSSR count). The van der Waals surface area contributed by atoms with Gasteiger partial charge in [-0.3, -0.25) is 4.79 Å². The van der Waals surface area contributed by atoms with Crippen LogP contribution < -0.4 is 19.5 Å². The summed E-state index contributed by atoms with van der Waals surface area (Å²) in [6.45, 7) is 3.85. The van der Waals surface area contributed by atoms with Crippen molar-refractivity contribution in [3.63, 3.8) is 0 Å². The zero-order valence-electron chi connectivity index (χ0n) is 25.1. The summed E-state index contributed by atoms with van der Waals surface area (Å²) in [5, 5.41) is 14.1. The molecule has 240 valence electrons. The van der Waals surface area contributed by atoms with E-state index >= 15 is 0 Å². The molecule has 0 spiro atoms. The molecule has 1 aliphatic rings. The third-order valence-electron chi connectivity index (χ3n) is 6.99. The number of carbonyl (C=O) groups is 1. The molecule has 12 nitrogen and oxygen atoms in total. The van der Waals surface area contributed by atoms with Crippen molar-refractivity contribution >= 4 is 26.0 Å². The first-order valence-corrected chi connectivity index (χ1v) is 17.2. The molecule has 2 aromatic carbocycles. The van der Waals surface area contributed by atoms with Crippen LogP contribution in [0.15, 0.2) is 53.4 Å². The summed E-state index contributed by atoms with van der Waals surface area (Å²) in [5.74, 6) is -0.393.